The second-order valence-electron chi connectivity index (χ2n) is 8.69. The molecule has 0 aromatic rings. The number of hydrogen-bond acceptors (Lipinski definition) is 3. The number of aliphatic hydroxyl groups is 1. The maximum absolute atomic E-state index is 14.0. The van der Waals surface area contributed by atoms with E-state index in [0.717, 1.165) is 38.5 Å². The van der Waals surface area contributed by atoms with Crippen LogP contribution < -0.4 is 0 Å². The first kappa shape index (κ1) is 22.4. The van der Waals surface area contributed by atoms with Crippen molar-refractivity contribution in [2.75, 3.05) is 0 Å². The van der Waals surface area contributed by atoms with Crippen LogP contribution in [0.4, 0.5) is 4.39 Å². The highest BCUT2D eigenvalue weighted by Crippen LogP contribution is 2.47. The summed E-state index contributed by atoms with van der Waals surface area (Å²) < 4.78 is 20.2. The van der Waals surface area contributed by atoms with Gasteiger partial charge in [0, 0.05) is 0 Å². The van der Waals surface area contributed by atoms with E-state index in [4.69, 9.17) is 9.84 Å². The van der Waals surface area contributed by atoms with Crippen LogP contribution in [0.2, 0.25) is 0 Å². The molecule has 8 atom stereocenters. The minimum absolute atomic E-state index is 0.202. The number of hydrogen-bond donors (Lipinski definition) is 2. The fourth-order valence-corrected chi connectivity index (χ4v) is 4.67. The van der Waals surface area contributed by atoms with Crippen molar-refractivity contribution in [2.24, 2.45) is 23.7 Å². The quantitative estimate of drug-likeness (QED) is 0.504. The third-order valence-corrected chi connectivity index (χ3v) is 6.45. The monoisotopic (exact) mass is 384 g/mol. The predicted octanol–water partition coefficient (Wildman–Crippen LogP) is 4.75. The zero-order valence-corrected chi connectivity index (χ0v) is 17.0. The van der Waals surface area contributed by atoms with Gasteiger partial charge in [0.25, 0.3) is 0 Å². The Kier molecular flexibility index (Phi) is 8.74. The number of carbonyl (C=O) groups is 1. The Hall–Kier alpha value is -0.940. The Morgan fingerprint density at radius 3 is 2.70 bits per heavy atom. The number of fused-ring (bicyclic) bond motifs is 1. The van der Waals surface area contributed by atoms with Crippen LogP contribution in [0, 0.1) is 23.7 Å². The number of halogens is 1. The highest BCUT2D eigenvalue weighted by Gasteiger charge is 2.46. The standard InChI is InChI=1S/C22H37FO4/c1-4-5-9-19(23)20(24)11-10-17-15(3)12-21-18(17)13-16(27-21)8-6-7-14(2)22(25)26/h10-11,14-21,24H,4-9,12-13H2,1-3H3,(H,25,26)/t14?,15-,16-,17-,18-,19-,20-,21+/m1/s1. The minimum Gasteiger partial charge on any atom is -0.481 e. The summed E-state index contributed by atoms with van der Waals surface area (Å²) in [5, 5.41) is 19.0. The normalized spacial score (nSPS) is 33.9. The lowest BCUT2D eigenvalue weighted by molar-refractivity contribution is -0.141. The molecule has 0 amide bonds. The van der Waals surface area contributed by atoms with E-state index < -0.39 is 18.2 Å². The molecule has 4 nitrogen and oxygen atoms in total. The smallest absolute Gasteiger partial charge is 0.306 e. The molecule has 156 valence electrons. The first-order valence-corrected chi connectivity index (χ1v) is 10.7. The second kappa shape index (κ2) is 10.6. The Labute approximate surface area is 163 Å². The van der Waals surface area contributed by atoms with Gasteiger partial charge in [0.1, 0.15) is 12.3 Å². The van der Waals surface area contributed by atoms with Crippen LogP contribution in [-0.4, -0.2) is 40.7 Å². The van der Waals surface area contributed by atoms with E-state index in [2.05, 4.69) is 6.92 Å². The van der Waals surface area contributed by atoms with Gasteiger partial charge in [0.15, 0.2) is 0 Å². The average molecular weight is 385 g/mol. The van der Waals surface area contributed by atoms with Gasteiger partial charge in [-0.05, 0) is 49.9 Å². The van der Waals surface area contributed by atoms with Crippen molar-refractivity contribution in [1.82, 2.24) is 0 Å². The zero-order chi connectivity index (χ0) is 20.0. The summed E-state index contributed by atoms with van der Waals surface area (Å²) in [6.07, 6.45) is 8.52. The van der Waals surface area contributed by atoms with E-state index in [1.165, 1.54) is 0 Å². The fourth-order valence-electron chi connectivity index (χ4n) is 4.67. The van der Waals surface area contributed by atoms with Crippen LogP contribution in [0.25, 0.3) is 0 Å². The van der Waals surface area contributed by atoms with Crippen LogP contribution in [0.3, 0.4) is 0 Å². The minimum atomic E-state index is -1.18. The molecule has 1 heterocycles. The number of aliphatic carboxylic acids is 1. The molecule has 1 saturated heterocycles. The summed E-state index contributed by atoms with van der Waals surface area (Å²) in [6.45, 7) is 5.98. The van der Waals surface area contributed by atoms with Gasteiger partial charge in [-0.15, -0.1) is 0 Å². The molecule has 5 heteroatoms. The van der Waals surface area contributed by atoms with Gasteiger partial charge in [-0.1, -0.05) is 52.2 Å². The number of rotatable bonds is 11. The van der Waals surface area contributed by atoms with Gasteiger partial charge >= 0.3 is 5.97 Å². The van der Waals surface area contributed by atoms with Gasteiger partial charge in [0.05, 0.1) is 18.1 Å². The second-order valence-corrected chi connectivity index (χ2v) is 8.69. The summed E-state index contributed by atoms with van der Waals surface area (Å²) in [6, 6.07) is 0. The van der Waals surface area contributed by atoms with Gasteiger partial charge in [-0.3, -0.25) is 4.79 Å². The molecule has 2 fully saturated rings. The first-order valence-electron chi connectivity index (χ1n) is 10.7. The molecule has 27 heavy (non-hydrogen) atoms. The van der Waals surface area contributed by atoms with Gasteiger partial charge in [0.2, 0.25) is 0 Å². The molecule has 0 bridgehead atoms. The molecule has 1 aliphatic carbocycles. The number of carboxylic acids is 1. The SMILES string of the molecule is CCCC[C@@H](F)[C@H](O)C=C[C@H]1[C@H]2C[C@@H](CCCC(C)C(=O)O)O[C@H]2C[C@H]1C. The van der Waals surface area contributed by atoms with Crippen molar-refractivity contribution in [3.8, 4) is 0 Å². The molecule has 2 rings (SSSR count). The first-order chi connectivity index (χ1) is 12.8. The van der Waals surface area contributed by atoms with E-state index in [0.29, 0.717) is 30.6 Å². The molecular formula is C22H37FO4. The number of unbranched alkanes of at least 4 members (excludes halogenated alkanes) is 1. The highest BCUT2D eigenvalue weighted by atomic mass is 19.1. The Morgan fingerprint density at radius 2 is 2.04 bits per heavy atom. The summed E-state index contributed by atoms with van der Waals surface area (Å²) in [7, 11) is 0. The summed E-state index contributed by atoms with van der Waals surface area (Å²) in [4.78, 5) is 10.9. The van der Waals surface area contributed by atoms with Crippen molar-refractivity contribution in [1.29, 1.82) is 0 Å². The number of ether oxygens (including phenoxy) is 1. The Morgan fingerprint density at radius 1 is 1.30 bits per heavy atom. The summed E-state index contributed by atoms with van der Waals surface area (Å²) >= 11 is 0. The number of carboxylic acid groups (broad SMARTS) is 1. The summed E-state index contributed by atoms with van der Waals surface area (Å²) in [5.41, 5.74) is 0. The van der Waals surface area contributed by atoms with E-state index in [1.54, 1.807) is 13.0 Å². The lowest BCUT2D eigenvalue weighted by atomic mass is 9.86. The van der Waals surface area contributed by atoms with Crippen LogP contribution in [0.5, 0.6) is 0 Å². The third kappa shape index (κ3) is 6.28. The van der Waals surface area contributed by atoms with E-state index in [-0.39, 0.29) is 18.1 Å². The molecule has 2 N–H and O–H groups in total. The average Bonchev–Trinajstić information content (AvgIpc) is 3.13. The van der Waals surface area contributed by atoms with E-state index in [1.807, 2.05) is 13.0 Å². The van der Waals surface area contributed by atoms with Gasteiger partial charge in [-0.2, -0.15) is 0 Å². The molecule has 0 aromatic carbocycles. The highest BCUT2D eigenvalue weighted by molar-refractivity contribution is 5.69. The van der Waals surface area contributed by atoms with Crippen LogP contribution >= 0.6 is 0 Å². The predicted molar refractivity (Wildman–Crippen MR) is 104 cm³/mol. The molecule has 0 radical (unpaired) electrons. The topological polar surface area (TPSA) is 66.8 Å². The van der Waals surface area contributed by atoms with Crippen LogP contribution in [0.15, 0.2) is 12.2 Å². The zero-order valence-electron chi connectivity index (χ0n) is 17.0. The van der Waals surface area contributed by atoms with Crippen LogP contribution in [0.1, 0.15) is 72.1 Å². The van der Waals surface area contributed by atoms with Crippen molar-refractivity contribution < 1.29 is 24.1 Å². The van der Waals surface area contributed by atoms with Crippen molar-refractivity contribution in [3.05, 3.63) is 12.2 Å². The molecule has 1 unspecified atom stereocenters. The molecule has 0 spiro atoms. The lowest BCUT2D eigenvalue weighted by Gasteiger charge is -2.19. The van der Waals surface area contributed by atoms with Crippen molar-refractivity contribution in [2.45, 2.75) is 96.6 Å². The number of aliphatic hydroxyl groups excluding tert-OH is 1. The largest absolute Gasteiger partial charge is 0.481 e. The Balaban J connectivity index is 1.82. The molecule has 1 saturated carbocycles. The maximum Gasteiger partial charge on any atom is 0.306 e. The van der Waals surface area contributed by atoms with E-state index in [9.17, 15) is 14.3 Å². The van der Waals surface area contributed by atoms with E-state index >= 15 is 0 Å². The molecular weight excluding hydrogens is 347 g/mol. The molecule has 2 aliphatic rings. The van der Waals surface area contributed by atoms with Crippen molar-refractivity contribution in [3.63, 3.8) is 0 Å². The fraction of sp³-hybridized carbons (Fsp3) is 0.864. The lowest BCUT2D eigenvalue weighted by Crippen LogP contribution is -2.20. The maximum atomic E-state index is 14.0. The van der Waals surface area contributed by atoms with Gasteiger partial charge < -0.3 is 14.9 Å². The molecule has 0 aromatic heterocycles. The summed E-state index contributed by atoms with van der Waals surface area (Å²) in [5.74, 6) is 0.196. The third-order valence-electron chi connectivity index (χ3n) is 6.45. The number of alkyl halides is 1. The van der Waals surface area contributed by atoms with Crippen molar-refractivity contribution >= 4 is 5.97 Å². The number of allylic oxidation sites excluding steroid dienone is 1. The van der Waals surface area contributed by atoms with Gasteiger partial charge in [-0.25, -0.2) is 4.39 Å². The molecule has 1 aliphatic heterocycles. The van der Waals surface area contributed by atoms with Crippen LogP contribution in [-0.2, 0) is 9.53 Å². The Bertz CT molecular complexity index is 495.